The highest BCUT2D eigenvalue weighted by Gasteiger charge is 2.60. The number of anilines is 2. The van der Waals surface area contributed by atoms with Crippen molar-refractivity contribution in [2.75, 3.05) is 24.7 Å². The molecule has 4 N–H and O–H groups in total. The van der Waals surface area contributed by atoms with E-state index in [2.05, 4.69) is 27.7 Å². The van der Waals surface area contributed by atoms with Crippen molar-refractivity contribution in [2.45, 2.75) is 118 Å². The summed E-state index contributed by atoms with van der Waals surface area (Å²) >= 11 is 0. The van der Waals surface area contributed by atoms with E-state index < -0.39 is 0 Å². The fourth-order valence-corrected chi connectivity index (χ4v) is 10.7. The average molecular weight is 523 g/mol. The lowest BCUT2D eigenvalue weighted by Crippen LogP contribution is -2.53. The molecule has 38 heavy (non-hydrogen) atoms. The molecular weight excluding hydrogens is 464 g/mol. The van der Waals surface area contributed by atoms with Crippen molar-refractivity contribution in [1.82, 2.24) is 0 Å². The van der Waals surface area contributed by atoms with Gasteiger partial charge in [-0.2, -0.15) is 0 Å². The number of hydrogen-bond donors (Lipinski definition) is 2. The van der Waals surface area contributed by atoms with Gasteiger partial charge in [0.15, 0.2) is 0 Å². The van der Waals surface area contributed by atoms with E-state index in [0.29, 0.717) is 16.7 Å². The Morgan fingerprint density at radius 2 is 1.71 bits per heavy atom. The Hall–Kier alpha value is -1.22. The van der Waals surface area contributed by atoms with Crippen LogP contribution >= 0.6 is 0 Å². The molecule has 214 valence electrons. The molecule has 3 nitrogen and oxygen atoms in total. The van der Waals surface area contributed by atoms with Crippen LogP contribution in [0, 0.1) is 52.3 Å². The van der Waals surface area contributed by atoms with E-state index in [1.54, 1.807) is 6.42 Å². The van der Waals surface area contributed by atoms with Gasteiger partial charge < -0.3 is 16.2 Å². The molecule has 3 heteroatoms. The minimum atomic E-state index is 0.608. The van der Waals surface area contributed by atoms with E-state index in [9.17, 15) is 0 Å². The lowest BCUT2D eigenvalue weighted by molar-refractivity contribution is -0.114. The van der Waals surface area contributed by atoms with Crippen molar-refractivity contribution < 1.29 is 4.74 Å². The van der Waals surface area contributed by atoms with Gasteiger partial charge in [-0.25, -0.2) is 0 Å². The third-order valence-electron chi connectivity index (χ3n) is 12.8. The molecule has 0 saturated heterocycles. The minimum absolute atomic E-state index is 0.608. The first-order valence-corrected chi connectivity index (χ1v) is 16.4. The molecule has 3 unspecified atom stereocenters. The highest BCUT2D eigenvalue weighted by Crippen LogP contribution is 2.68. The average Bonchev–Trinajstić information content (AvgIpc) is 3.24. The van der Waals surface area contributed by atoms with Crippen molar-refractivity contribution >= 4 is 11.4 Å². The van der Waals surface area contributed by atoms with E-state index >= 15 is 0 Å². The molecule has 4 saturated carbocycles. The van der Waals surface area contributed by atoms with Crippen LogP contribution in [-0.4, -0.2) is 13.2 Å². The second-order valence-corrected chi connectivity index (χ2v) is 14.9. The largest absolute Gasteiger partial charge is 0.399 e. The molecule has 0 aromatic heterocycles. The van der Waals surface area contributed by atoms with E-state index in [1.807, 2.05) is 18.2 Å². The predicted molar refractivity (Wildman–Crippen MR) is 162 cm³/mol. The zero-order chi connectivity index (χ0) is 26.9. The number of benzene rings is 1. The Labute approximate surface area is 234 Å². The number of fused-ring (bicyclic) bond motifs is 5. The van der Waals surface area contributed by atoms with Crippen LogP contribution in [0.25, 0.3) is 0 Å². The predicted octanol–water partition coefficient (Wildman–Crippen LogP) is 8.90. The fraction of sp³-hybridized carbons (Fsp3) is 0.829. The van der Waals surface area contributed by atoms with E-state index in [0.717, 1.165) is 72.1 Å². The van der Waals surface area contributed by atoms with Crippen molar-refractivity contribution in [2.24, 2.45) is 52.3 Å². The van der Waals surface area contributed by atoms with Crippen LogP contribution in [0.1, 0.15) is 117 Å². The van der Waals surface area contributed by atoms with Gasteiger partial charge in [-0.15, -0.1) is 0 Å². The van der Waals surface area contributed by atoms with Crippen LogP contribution in [0.2, 0.25) is 0 Å². The highest BCUT2D eigenvalue weighted by molar-refractivity contribution is 5.56. The van der Waals surface area contributed by atoms with Gasteiger partial charge in [0, 0.05) is 18.0 Å². The van der Waals surface area contributed by atoms with E-state index in [1.165, 1.54) is 77.0 Å². The van der Waals surface area contributed by atoms with Crippen LogP contribution in [0.15, 0.2) is 18.2 Å². The molecule has 4 aliphatic carbocycles. The zero-order valence-corrected chi connectivity index (χ0v) is 25.2. The molecular formula is C35H58N2O. The fourth-order valence-electron chi connectivity index (χ4n) is 10.7. The van der Waals surface area contributed by atoms with Gasteiger partial charge in [0.05, 0.1) is 6.61 Å². The van der Waals surface area contributed by atoms with Gasteiger partial charge in [0.2, 0.25) is 0 Å². The molecule has 0 spiro atoms. The maximum Gasteiger partial charge on any atom is 0.0507 e. The first kappa shape index (κ1) is 28.3. The first-order valence-electron chi connectivity index (χ1n) is 16.4. The summed E-state index contributed by atoms with van der Waals surface area (Å²) in [5.41, 5.74) is 15.8. The maximum absolute atomic E-state index is 6.09. The summed E-state index contributed by atoms with van der Waals surface area (Å²) in [6, 6.07) is 5.80. The third-order valence-corrected chi connectivity index (χ3v) is 12.8. The first-order chi connectivity index (χ1) is 18.2. The molecule has 0 heterocycles. The van der Waals surface area contributed by atoms with Crippen LogP contribution in [0.3, 0.4) is 0 Å². The summed E-state index contributed by atoms with van der Waals surface area (Å²) in [5, 5.41) is 0. The Morgan fingerprint density at radius 1 is 0.895 bits per heavy atom. The quantitative estimate of drug-likeness (QED) is 0.238. The lowest BCUT2D eigenvalue weighted by atomic mass is 9.44. The van der Waals surface area contributed by atoms with Crippen molar-refractivity contribution in [3.8, 4) is 0 Å². The second kappa shape index (κ2) is 11.7. The molecule has 0 bridgehead atoms. The molecule has 0 radical (unpaired) electrons. The van der Waals surface area contributed by atoms with Crippen molar-refractivity contribution in [3.05, 3.63) is 23.8 Å². The number of nitrogens with two attached hydrogens (primary N) is 2. The van der Waals surface area contributed by atoms with Gasteiger partial charge in [0.1, 0.15) is 0 Å². The Balaban J connectivity index is 1.06. The van der Waals surface area contributed by atoms with Crippen molar-refractivity contribution in [1.29, 1.82) is 0 Å². The number of hydrogen-bond acceptors (Lipinski definition) is 3. The minimum Gasteiger partial charge on any atom is -0.399 e. The molecule has 0 aliphatic heterocycles. The second-order valence-electron chi connectivity index (χ2n) is 14.9. The standard InChI is InChI=1S/C35H58N2O/c1-24(23-38-21-18-26-11-13-28(36)22-33(26)37)8-7-9-25(2)30-15-16-31-29-14-12-27-10-5-6-19-34(27,3)32(29)17-20-35(30,31)4/h11,13,22,24-25,27,29-32H,5-10,12,14-21,23,36-37H2,1-4H3/t24?,25?,27?,29-,30+,31-,32-,34-,35+/m0/s1. The van der Waals surface area contributed by atoms with Crippen LogP contribution in [0.5, 0.6) is 0 Å². The highest BCUT2D eigenvalue weighted by atomic mass is 16.5. The molecule has 5 rings (SSSR count). The maximum atomic E-state index is 6.09. The van der Waals surface area contributed by atoms with Gasteiger partial charge in [-0.3, -0.25) is 0 Å². The Kier molecular flexibility index (Phi) is 8.73. The summed E-state index contributed by atoms with van der Waals surface area (Å²) in [6.45, 7) is 12.0. The van der Waals surface area contributed by atoms with E-state index in [4.69, 9.17) is 16.2 Å². The molecule has 4 aliphatic rings. The van der Waals surface area contributed by atoms with Crippen LogP contribution < -0.4 is 11.5 Å². The Morgan fingerprint density at radius 3 is 2.53 bits per heavy atom. The lowest BCUT2D eigenvalue weighted by Gasteiger charge is -2.61. The Bertz CT molecular complexity index is 931. The number of ether oxygens (including phenoxy) is 1. The third kappa shape index (κ3) is 5.52. The SMILES string of the molecule is CC(CCCC(C)[C@H]1CC[C@H]2[C@@H]3CCC4CCCC[C@]4(C)[C@H]3CC[C@]12C)COCCc1ccc(N)cc1N. The smallest absolute Gasteiger partial charge is 0.0507 e. The van der Waals surface area contributed by atoms with Gasteiger partial charge >= 0.3 is 0 Å². The van der Waals surface area contributed by atoms with Crippen molar-refractivity contribution in [3.63, 3.8) is 0 Å². The van der Waals surface area contributed by atoms with Gasteiger partial charge in [-0.1, -0.05) is 59.4 Å². The zero-order valence-electron chi connectivity index (χ0n) is 25.2. The summed E-state index contributed by atoms with van der Waals surface area (Å²) in [7, 11) is 0. The topological polar surface area (TPSA) is 61.3 Å². The summed E-state index contributed by atoms with van der Waals surface area (Å²) < 4.78 is 6.04. The molecule has 1 aromatic carbocycles. The van der Waals surface area contributed by atoms with E-state index in [-0.39, 0.29) is 0 Å². The summed E-state index contributed by atoms with van der Waals surface area (Å²) in [4.78, 5) is 0. The molecule has 1 aromatic rings. The van der Waals surface area contributed by atoms with Crippen LogP contribution in [-0.2, 0) is 11.2 Å². The monoisotopic (exact) mass is 522 g/mol. The number of rotatable bonds is 10. The summed E-state index contributed by atoms with van der Waals surface area (Å²) in [5.74, 6) is 6.56. The van der Waals surface area contributed by atoms with Gasteiger partial charge in [0.25, 0.3) is 0 Å². The van der Waals surface area contributed by atoms with Gasteiger partial charge in [-0.05, 0) is 134 Å². The molecule has 4 fully saturated rings. The van der Waals surface area contributed by atoms with Crippen LogP contribution in [0.4, 0.5) is 11.4 Å². The number of nitrogen functional groups attached to an aromatic ring is 2. The normalized spacial score (nSPS) is 38.2. The molecule has 9 atom stereocenters. The summed E-state index contributed by atoms with van der Waals surface area (Å²) in [6.07, 6.45) is 20.1. The molecule has 0 amide bonds.